The van der Waals surface area contributed by atoms with Crippen molar-refractivity contribution in [2.24, 2.45) is 0 Å². The Labute approximate surface area is 74.5 Å². The maximum Gasteiger partial charge on any atom is 0.236 e. The highest BCUT2D eigenvalue weighted by atomic mass is 16.2. The Kier molecular flexibility index (Phi) is 5.66. The van der Waals surface area contributed by atoms with Gasteiger partial charge in [-0.1, -0.05) is 0 Å². The van der Waals surface area contributed by atoms with Gasteiger partial charge in [-0.05, 0) is 14.1 Å². The summed E-state index contributed by atoms with van der Waals surface area (Å²) >= 11 is 0. The van der Waals surface area contributed by atoms with Crippen LogP contribution in [0.25, 0.3) is 0 Å². The molecule has 0 aromatic rings. The van der Waals surface area contributed by atoms with Crippen LogP contribution in [-0.2, 0) is 4.79 Å². The Morgan fingerprint density at radius 2 is 1.92 bits per heavy atom. The molecule has 0 aliphatic heterocycles. The zero-order chi connectivity index (χ0) is 9.56. The molecular weight excluding hydrogens is 154 g/mol. The molecule has 0 heterocycles. The summed E-state index contributed by atoms with van der Waals surface area (Å²) in [5.74, 6) is 0.147. The average Bonchev–Trinajstić information content (AvgIpc) is 2.00. The summed E-state index contributed by atoms with van der Waals surface area (Å²) in [6.45, 7) is 2.31. The molecule has 0 aromatic carbocycles. The van der Waals surface area contributed by atoms with Crippen molar-refractivity contribution >= 4 is 5.91 Å². The van der Waals surface area contributed by atoms with Gasteiger partial charge >= 0.3 is 0 Å². The van der Waals surface area contributed by atoms with Gasteiger partial charge in [0.15, 0.2) is 0 Å². The fraction of sp³-hybridized carbons (Fsp3) is 0.875. The third-order valence-corrected chi connectivity index (χ3v) is 1.65. The molecule has 0 aromatic heterocycles. The van der Waals surface area contributed by atoms with Crippen LogP contribution in [0.15, 0.2) is 0 Å². The molecule has 4 heteroatoms. The lowest BCUT2D eigenvalue weighted by molar-refractivity contribution is -0.129. The molecule has 0 radical (unpaired) electrons. The Hall–Kier alpha value is -0.610. The van der Waals surface area contributed by atoms with Crippen LogP contribution in [0, 0.1) is 0 Å². The lowest BCUT2D eigenvalue weighted by Gasteiger charge is -2.18. The monoisotopic (exact) mass is 173 g/mol. The second-order valence-electron chi connectivity index (χ2n) is 3.13. The van der Waals surface area contributed by atoms with Crippen molar-refractivity contribution in [3.63, 3.8) is 0 Å². The number of rotatable bonds is 5. The largest absolute Gasteiger partial charge is 0.348 e. The van der Waals surface area contributed by atoms with Gasteiger partial charge in [0.25, 0.3) is 0 Å². The molecule has 0 atom stereocenters. The van der Waals surface area contributed by atoms with Crippen molar-refractivity contribution < 1.29 is 4.79 Å². The molecule has 1 N–H and O–H groups in total. The molecule has 0 aliphatic rings. The minimum Gasteiger partial charge on any atom is -0.348 e. The Morgan fingerprint density at radius 3 is 2.33 bits per heavy atom. The normalized spacial score (nSPS) is 10.4. The molecule has 0 rings (SSSR count). The van der Waals surface area contributed by atoms with Gasteiger partial charge in [0, 0.05) is 27.2 Å². The Bertz CT molecular complexity index is 136. The molecule has 0 saturated carbocycles. The van der Waals surface area contributed by atoms with E-state index < -0.39 is 0 Å². The maximum atomic E-state index is 11.2. The van der Waals surface area contributed by atoms with Gasteiger partial charge in [-0.25, -0.2) is 0 Å². The van der Waals surface area contributed by atoms with Crippen LogP contribution < -0.4 is 5.32 Å². The van der Waals surface area contributed by atoms with E-state index in [4.69, 9.17) is 0 Å². The fourth-order valence-corrected chi connectivity index (χ4v) is 0.754. The first-order valence-corrected chi connectivity index (χ1v) is 4.11. The Balaban J connectivity index is 3.54. The lowest BCUT2D eigenvalue weighted by Crippen LogP contribution is -2.37. The summed E-state index contributed by atoms with van der Waals surface area (Å²) in [4.78, 5) is 14.8. The average molecular weight is 173 g/mol. The molecule has 12 heavy (non-hydrogen) atoms. The first-order valence-electron chi connectivity index (χ1n) is 4.11. The van der Waals surface area contributed by atoms with E-state index in [1.54, 1.807) is 19.0 Å². The number of hydrogen-bond acceptors (Lipinski definition) is 3. The van der Waals surface area contributed by atoms with E-state index in [2.05, 4.69) is 5.32 Å². The highest BCUT2D eigenvalue weighted by molar-refractivity contribution is 5.77. The van der Waals surface area contributed by atoms with E-state index in [0.29, 0.717) is 6.54 Å². The van der Waals surface area contributed by atoms with Crippen molar-refractivity contribution in [2.75, 3.05) is 47.8 Å². The third kappa shape index (κ3) is 5.09. The van der Waals surface area contributed by atoms with Crippen molar-refractivity contribution in [2.45, 2.75) is 0 Å². The van der Waals surface area contributed by atoms with E-state index in [-0.39, 0.29) is 5.91 Å². The highest BCUT2D eigenvalue weighted by Gasteiger charge is 2.06. The molecule has 1 amide bonds. The topological polar surface area (TPSA) is 35.6 Å². The second-order valence-corrected chi connectivity index (χ2v) is 3.13. The van der Waals surface area contributed by atoms with Crippen LogP contribution in [0.3, 0.4) is 0 Å². The summed E-state index contributed by atoms with van der Waals surface area (Å²) in [5.41, 5.74) is 0. The fourth-order valence-electron chi connectivity index (χ4n) is 0.754. The summed E-state index contributed by atoms with van der Waals surface area (Å²) in [7, 11) is 7.39. The van der Waals surface area contributed by atoms with Crippen LogP contribution in [0.5, 0.6) is 0 Å². The van der Waals surface area contributed by atoms with Crippen molar-refractivity contribution in [1.29, 1.82) is 0 Å². The number of likely N-dealkylation sites (N-methyl/N-ethyl adjacent to an activating group) is 3. The van der Waals surface area contributed by atoms with Gasteiger partial charge in [0.1, 0.15) is 0 Å². The maximum absolute atomic E-state index is 11.2. The van der Waals surface area contributed by atoms with Crippen molar-refractivity contribution in [3.05, 3.63) is 0 Å². The molecular formula is C8H19N3O. The smallest absolute Gasteiger partial charge is 0.236 e. The molecule has 0 unspecified atom stereocenters. The lowest BCUT2D eigenvalue weighted by atomic mass is 10.4. The van der Waals surface area contributed by atoms with Gasteiger partial charge < -0.3 is 10.2 Å². The minimum atomic E-state index is 0.147. The molecule has 0 spiro atoms. The number of hydrogen-bond donors (Lipinski definition) is 1. The van der Waals surface area contributed by atoms with Crippen LogP contribution in [0.4, 0.5) is 0 Å². The number of nitrogens with zero attached hydrogens (tertiary/aromatic N) is 2. The SMILES string of the molecule is CNCCN(C)CC(=O)N(C)C. The third-order valence-electron chi connectivity index (χ3n) is 1.65. The zero-order valence-corrected chi connectivity index (χ0v) is 8.42. The first-order chi connectivity index (χ1) is 5.57. The van der Waals surface area contributed by atoms with E-state index in [9.17, 15) is 4.79 Å². The van der Waals surface area contributed by atoms with Crippen LogP contribution >= 0.6 is 0 Å². The summed E-state index contributed by atoms with van der Waals surface area (Å²) in [6.07, 6.45) is 0. The summed E-state index contributed by atoms with van der Waals surface area (Å²) in [5, 5.41) is 3.03. The summed E-state index contributed by atoms with van der Waals surface area (Å²) < 4.78 is 0. The van der Waals surface area contributed by atoms with Gasteiger partial charge in [-0.2, -0.15) is 0 Å². The Morgan fingerprint density at radius 1 is 1.33 bits per heavy atom. The molecule has 0 fully saturated rings. The number of carbonyl (C=O) groups excluding carboxylic acids is 1. The predicted octanol–water partition coefficient (Wildman–Crippen LogP) is -0.774. The van der Waals surface area contributed by atoms with E-state index in [1.807, 2.05) is 19.0 Å². The molecule has 72 valence electrons. The molecule has 0 bridgehead atoms. The minimum absolute atomic E-state index is 0.147. The van der Waals surface area contributed by atoms with E-state index in [1.165, 1.54) is 0 Å². The standard InChI is InChI=1S/C8H19N3O/c1-9-5-6-11(4)7-8(12)10(2)3/h9H,5-7H2,1-4H3. The van der Waals surface area contributed by atoms with E-state index in [0.717, 1.165) is 13.1 Å². The number of carbonyl (C=O) groups is 1. The van der Waals surface area contributed by atoms with Gasteiger partial charge in [-0.15, -0.1) is 0 Å². The zero-order valence-electron chi connectivity index (χ0n) is 8.42. The quantitative estimate of drug-likeness (QED) is 0.593. The van der Waals surface area contributed by atoms with Crippen LogP contribution in [-0.4, -0.2) is 63.5 Å². The molecule has 0 aliphatic carbocycles. The van der Waals surface area contributed by atoms with Crippen molar-refractivity contribution in [1.82, 2.24) is 15.1 Å². The number of amides is 1. The predicted molar refractivity (Wildman–Crippen MR) is 50.1 cm³/mol. The van der Waals surface area contributed by atoms with Crippen LogP contribution in [0.2, 0.25) is 0 Å². The second kappa shape index (κ2) is 5.97. The summed E-state index contributed by atoms with van der Waals surface area (Å²) in [6, 6.07) is 0. The van der Waals surface area contributed by atoms with Crippen LogP contribution in [0.1, 0.15) is 0 Å². The van der Waals surface area contributed by atoms with Crippen molar-refractivity contribution in [3.8, 4) is 0 Å². The first kappa shape index (κ1) is 11.4. The number of nitrogens with one attached hydrogen (secondary N) is 1. The van der Waals surface area contributed by atoms with Gasteiger partial charge in [-0.3, -0.25) is 9.69 Å². The van der Waals surface area contributed by atoms with E-state index >= 15 is 0 Å². The van der Waals surface area contributed by atoms with Gasteiger partial charge in [0.05, 0.1) is 6.54 Å². The molecule has 4 nitrogen and oxygen atoms in total. The van der Waals surface area contributed by atoms with Gasteiger partial charge in [0.2, 0.25) is 5.91 Å². The highest BCUT2D eigenvalue weighted by Crippen LogP contribution is 1.84. The molecule has 0 saturated heterocycles.